The van der Waals surface area contributed by atoms with E-state index in [1.807, 2.05) is 57.2 Å². The van der Waals surface area contributed by atoms with E-state index in [4.69, 9.17) is 4.74 Å². The molecule has 0 spiro atoms. The molecule has 0 radical (unpaired) electrons. The van der Waals surface area contributed by atoms with Crippen molar-refractivity contribution in [1.82, 2.24) is 0 Å². The number of fused-ring (bicyclic) bond motifs is 3. The molecule has 2 aliphatic rings. The van der Waals surface area contributed by atoms with Gasteiger partial charge in [0.25, 0.3) is 10.0 Å². The van der Waals surface area contributed by atoms with Gasteiger partial charge in [0.1, 0.15) is 0 Å². The highest BCUT2D eigenvalue weighted by Crippen LogP contribution is 2.53. The average molecular weight is 357 g/mol. The molecule has 0 bridgehead atoms. The lowest BCUT2D eigenvalue weighted by Gasteiger charge is -2.49. The molecule has 2 aromatic carbocycles. The van der Waals surface area contributed by atoms with Crippen molar-refractivity contribution in [1.29, 1.82) is 0 Å². The Bertz CT molecular complexity index is 903. The van der Waals surface area contributed by atoms with Crippen molar-refractivity contribution in [2.24, 2.45) is 5.92 Å². The molecule has 0 aromatic heterocycles. The largest absolute Gasteiger partial charge is 0.373 e. The Balaban J connectivity index is 1.93. The summed E-state index contributed by atoms with van der Waals surface area (Å²) in [6.45, 7) is 6.66. The first kappa shape index (κ1) is 16.6. The summed E-state index contributed by atoms with van der Waals surface area (Å²) >= 11 is 0. The lowest BCUT2D eigenvalue weighted by atomic mass is 9.76. The van der Waals surface area contributed by atoms with E-state index in [0.29, 0.717) is 11.5 Å². The molecule has 25 heavy (non-hydrogen) atoms. The fourth-order valence-corrected chi connectivity index (χ4v) is 6.12. The Labute approximate surface area is 149 Å². The van der Waals surface area contributed by atoms with Gasteiger partial charge >= 0.3 is 0 Å². The molecular formula is C20H23NO3S. The van der Waals surface area contributed by atoms with E-state index in [9.17, 15) is 8.42 Å². The topological polar surface area (TPSA) is 46.6 Å². The van der Waals surface area contributed by atoms with Crippen LogP contribution in [0.15, 0.2) is 53.4 Å². The van der Waals surface area contributed by atoms with Gasteiger partial charge in [-0.2, -0.15) is 0 Å². The number of aryl methyl sites for hydroxylation is 1. The van der Waals surface area contributed by atoms with Crippen molar-refractivity contribution in [3.05, 3.63) is 59.7 Å². The van der Waals surface area contributed by atoms with E-state index in [0.717, 1.165) is 23.2 Å². The van der Waals surface area contributed by atoms with Crippen LogP contribution in [0.2, 0.25) is 0 Å². The molecule has 4 rings (SSSR count). The van der Waals surface area contributed by atoms with Gasteiger partial charge in [0.05, 0.1) is 22.2 Å². The Morgan fingerprint density at radius 2 is 1.76 bits per heavy atom. The predicted octanol–water partition coefficient (Wildman–Crippen LogP) is 4.06. The van der Waals surface area contributed by atoms with Crippen LogP contribution in [0, 0.1) is 12.8 Å². The molecule has 0 amide bonds. The van der Waals surface area contributed by atoms with Crippen LogP contribution in [0.5, 0.6) is 0 Å². The van der Waals surface area contributed by atoms with E-state index in [-0.39, 0.29) is 12.0 Å². The van der Waals surface area contributed by atoms with E-state index >= 15 is 0 Å². The van der Waals surface area contributed by atoms with Crippen LogP contribution in [0.1, 0.15) is 37.5 Å². The lowest BCUT2D eigenvalue weighted by Crippen LogP contribution is -2.56. The van der Waals surface area contributed by atoms with Crippen molar-refractivity contribution < 1.29 is 13.2 Å². The number of hydrogen-bond acceptors (Lipinski definition) is 3. The van der Waals surface area contributed by atoms with Crippen LogP contribution >= 0.6 is 0 Å². The molecule has 0 aliphatic carbocycles. The van der Waals surface area contributed by atoms with E-state index in [2.05, 4.69) is 0 Å². The van der Waals surface area contributed by atoms with Gasteiger partial charge in [0.15, 0.2) is 0 Å². The van der Waals surface area contributed by atoms with Crippen molar-refractivity contribution in [3.63, 3.8) is 0 Å². The van der Waals surface area contributed by atoms with E-state index in [1.54, 1.807) is 16.4 Å². The molecule has 132 valence electrons. The van der Waals surface area contributed by atoms with Crippen molar-refractivity contribution >= 4 is 15.7 Å². The highest BCUT2D eigenvalue weighted by molar-refractivity contribution is 7.93. The standard InChI is InChI=1S/C20H23NO3S/c1-14-8-10-15(11-9-14)25(22,23)21-18-7-5-4-6-16(18)19-17(12-13-24-19)20(21,2)3/h4-11,17,19H,12-13H2,1-3H3. The van der Waals surface area contributed by atoms with Gasteiger partial charge in [0, 0.05) is 18.1 Å². The second-order valence-electron chi connectivity index (χ2n) is 7.48. The molecule has 2 unspecified atom stereocenters. The lowest BCUT2D eigenvalue weighted by molar-refractivity contribution is 0.0685. The number of anilines is 1. The Kier molecular flexibility index (Phi) is 3.71. The summed E-state index contributed by atoms with van der Waals surface area (Å²) in [4.78, 5) is 0.332. The summed E-state index contributed by atoms with van der Waals surface area (Å²) in [6, 6.07) is 14.8. The quantitative estimate of drug-likeness (QED) is 0.814. The number of hydrogen-bond donors (Lipinski definition) is 0. The molecule has 2 heterocycles. The minimum Gasteiger partial charge on any atom is -0.373 e. The number of ether oxygens (including phenoxy) is 1. The molecule has 1 saturated heterocycles. The normalized spacial score (nSPS) is 24.7. The summed E-state index contributed by atoms with van der Waals surface area (Å²) in [7, 11) is -3.66. The van der Waals surface area contributed by atoms with Gasteiger partial charge in [-0.1, -0.05) is 35.9 Å². The van der Waals surface area contributed by atoms with Crippen LogP contribution in [-0.2, 0) is 14.8 Å². The summed E-state index contributed by atoms with van der Waals surface area (Å²) in [6.07, 6.45) is 0.835. The van der Waals surface area contributed by atoms with Crippen LogP contribution in [-0.4, -0.2) is 20.6 Å². The number of nitrogens with zero attached hydrogens (tertiary/aromatic N) is 1. The molecule has 0 N–H and O–H groups in total. The van der Waals surface area contributed by atoms with Gasteiger partial charge in [0.2, 0.25) is 0 Å². The Morgan fingerprint density at radius 3 is 2.48 bits per heavy atom. The average Bonchev–Trinajstić information content (AvgIpc) is 3.06. The van der Waals surface area contributed by atoms with Gasteiger partial charge in [-0.05, 0) is 45.4 Å². The number of rotatable bonds is 2. The Morgan fingerprint density at radius 1 is 1.08 bits per heavy atom. The first-order valence-electron chi connectivity index (χ1n) is 8.66. The third-order valence-electron chi connectivity index (χ3n) is 5.54. The fraction of sp³-hybridized carbons (Fsp3) is 0.400. The monoisotopic (exact) mass is 357 g/mol. The molecule has 4 nitrogen and oxygen atoms in total. The van der Waals surface area contributed by atoms with Crippen LogP contribution in [0.4, 0.5) is 5.69 Å². The molecule has 5 heteroatoms. The SMILES string of the molecule is Cc1ccc(S(=O)(=O)N2c3ccccc3C3OCCC3C2(C)C)cc1. The Hall–Kier alpha value is -1.85. The van der Waals surface area contributed by atoms with Crippen molar-refractivity contribution in [2.75, 3.05) is 10.9 Å². The molecule has 2 atom stereocenters. The fourth-order valence-electron chi connectivity index (χ4n) is 4.25. The zero-order chi connectivity index (χ0) is 17.8. The van der Waals surface area contributed by atoms with Crippen LogP contribution in [0.3, 0.4) is 0 Å². The first-order chi connectivity index (χ1) is 11.8. The number of para-hydroxylation sites is 1. The molecule has 2 aromatic rings. The minimum atomic E-state index is -3.66. The molecule has 1 fully saturated rings. The number of sulfonamides is 1. The molecule has 2 aliphatic heterocycles. The summed E-state index contributed by atoms with van der Waals surface area (Å²) < 4.78 is 34.7. The highest BCUT2D eigenvalue weighted by atomic mass is 32.2. The van der Waals surface area contributed by atoms with Gasteiger partial charge in [-0.15, -0.1) is 0 Å². The summed E-state index contributed by atoms with van der Waals surface area (Å²) in [5, 5.41) is 0. The third-order valence-corrected chi connectivity index (χ3v) is 7.56. The summed E-state index contributed by atoms with van der Waals surface area (Å²) in [5.41, 5.74) is 2.19. The highest BCUT2D eigenvalue weighted by Gasteiger charge is 2.53. The molecule has 0 saturated carbocycles. The maximum Gasteiger partial charge on any atom is 0.264 e. The zero-order valence-corrected chi connectivity index (χ0v) is 15.6. The van der Waals surface area contributed by atoms with Crippen molar-refractivity contribution in [3.8, 4) is 0 Å². The van der Waals surface area contributed by atoms with E-state index < -0.39 is 15.6 Å². The predicted molar refractivity (Wildman–Crippen MR) is 98.2 cm³/mol. The van der Waals surface area contributed by atoms with Gasteiger partial charge in [-0.3, -0.25) is 4.31 Å². The maximum atomic E-state index is 13.6. The summed E-state index contributed by atoms with van der Waals surface area (Å²) in [5.74, 6) is 0.141. The third kappa shape index (κ3) is 2.41. The van der Waals surface area contributed by atoms with Crippen LogP contribution in [0.25, 0.3) is 0 Å². The zero-order valence-electron chi connectivity index (χ0n) is 14.8. The molecular weight excluding hydrogens is 334 g/mol. The van der Waals surface area contributed by atoms with Crippen LogP contribution < -0.4 is 4.31 Å². The minimum absolute atomic E-state index is 0.0318. The second kappa shape index (κ2) is 5.58. The maximum absolute atomic E-state index is 13.6. The first-order valence-corrected chi connectivity index (χ1v) is 10.1. The van der Waals surface area contributed by atoms with E-state index in [1.165, 1.54) is 0 Å². The smallest absolute Gasteiger partial charge is 0.264 e. The number of benzene rings is 2. The second-order valence-corrected chi connectivity index (χ2v) is 9.27. The van der Waals surface area contributed by atoms with Crippen molar-refractivity contribution in [2.45, 2.75) is 43.7 Å². The van der Waals surface area contributed by atoms with Gasteiger partial charge < -0.3 is 4.74 Å². The van der Waals surface area contributed by atoms with Gasteiger partial charge in [-0.25, -0.2) is 8.42 Å².